The highest BCUT2D eigenvalue weighted by Gasteiger charge is 2.41. The largest absolute Gasteiger partial charge is 1.00 e. The van der Waals surface area contributed by atoms with Gasteiger partial charge in [-0.3, -0.25) is 4.90 Å². The minimum atomic E-state index is -4.62. The van der Waals surface area contributed by atoms with Crippen molar-refractivity contribution in [2.45, 2.75) is 46.0 Å². The predicted octanol–water partition coefficient (Wildman–Crippen LogP) is 1.80. The molecule has 1 aliphatic rings. The number of aromatic nitrogens is 4. The van der Waals surface area contributed by atoms with E-state index < -0.39 is 29.4 Å². The van der Waals surface area contributed by atoms with Crippen molar-refractivity contribution in [2.24, 2.45) is 0 Å². The van der Waals surface area contributed by atoms with Crippen molar-refractivity contribution >= 4 is 17.6 Å². The Labute approximate surface area is 261 Å². The summed E-state index contributed by atoms with van der Waals surface area (Å²) in [6.45, 7) is 6.10. The number of aryl methyl sites for hydroxylation is 4. The van der Waals surface area contributed by atoms with Crippen LogP contribution < -0.4 is 32.1 Å². The Balaban J connectivity index is 0.00000442. The number of methoxy groups -OCH3 is 1. The van der Waals surface area contributed by atoms with E-state index in [0.717, 1.165) is 23.4 Å². The van der Waals surface area contributed by atoms with Crippen LogP contribution in [0.25, 0.3) is 0 Å². The van der Waals surface area contributed by atoms with Gasteiger partial charge in [0.2, 0.25) is 5.95 Å². The maximum atomic E-state index is 13.6. The highest BCUT2D eigenvalue weighted by Crippen LogP contribution is 2.43. The molecule has 44 heavy (non-hydrogen) atoms. The summed E-state index contributed by atoms with van der Waals surface area (Å²) in [5, 5.41) is 16.2. The monoisotopic (exact) mass is 668 g/mol. The fourth-order valence-electron chi connectivity index (χ4n) is 5.51. The molecule has 1 atom stereocenters. The molecule has 1 N–H and O–H groups in total. The quantitative estimate of drug-likeness (QED) is 0.248. The molecule has 0 bridgehead atoms. The minimum Gasteiger partial charge on any atom is -1.00 e. The van der Waals surface area contributed by atoms with Gasteiger partial charge in [0.05, 0.1) is 29.9 Å². The van der Waals surface area contributed by atoms with Crippen LogP contribution in [0.15, 0.2) is 76.9 Å². The lowest BCUT2D eigenvalue weighted by Crippen LogP contribution is -3.00. The minimum absolute atomic E-state index is 0. The number of halogens is 4. The number of carbonyl (C=O) groups excluding carboxylic acids is 1. The molecule has 13 heteroatoms. The van der Waals surface area contributed by atoms with Gasteiger partial charge in [-0.2, -0.15) is 18.4 Å². The lowest BCUT2D eigenvalue weighted by Gasteiger charge is -2.36. The fraction of sp³-hybridized carbons (Fsp3) is 0.258. The van der Waals surface area contributed by atoms with Crippen LogP contribution in [0.4, 0.5) is 24.8 Å². The molecule has 0 unspecified atom stereocenters. The van der Waals surface area contributed by atoms with Gasteiger partial charge >= 0.3 is 17.8 Å². The first kappa shape index (κ1) is 32.2. The zero-order valence-electron chi connectivity index (χ0n) is 24.2. The summed E-state index contributed by atoms with van der Waals surface area (Å²) in [4.78, 5) is 28.0. The van der Waals surface area contributed by atoms with Gasteiger partial charge < -0.3 is 21.7 Å². The third kappa shape index (κ3) is 5.90. The van der Waals surface area contributed by atoms with Crippen molar-refractivity contribution in [3.05, 3.63) is 116 Å². The van der Waals surface area contributed by atoms with Crippen LogP contribution in [-0.2, 0) is 28.7 Å². The second-order valence-electron chi connectivity index (χ2n) is 10.3. The number of alkyl halides is 3. The number of aromatic amines is 1. The van der Waals surface area contributed by atoms with Crippen LogP contribution in [0, 0.1) is 25.2 Å². The zero-order chi connectivity index (χ0) is 31.1. The van der Waals surface area contributed by atoms with Gasteiger partial charge in [0, 0.05) is 36.9 Å². The number of anilines is 2. The summed E-state index contributed by atoms with van der Waals surface area (Å²) in [5.74, 6) is -0.768. The number of fused-ring (bicyclic) bond motifs is 1. The molecular formula is C31H28BrF3N6O3. The smallest absolute Gasteiger partial charge is 0.416 e. The summed E-state index contributed by atoms with van der Waals surface area (Å²) in [6, 6.07) is 14.7. The molecule has 3 heterocycles. The zero-order valence-corrected chi connectivity index (χ0v) is 25.8. The first-order chi connectivity index (χ1) is 20.4. The predicted molar refractivity (Wildman–Crippen MR) is 150 cm³/mol. The van der Waals surface area contributed by atoms with Gasteiger partial charge in [-0.1, -0.05) is 12.1 Å². The topological polar surface area (TPSA) is 108 Å². The highest BCUT2D eigenvalue weighted by atomic mass is 79.9. The third-order valence-corrected chi connectivity index (χ3v) is 7.58. The van der Waals surface area contributed by atoms with Crippen molar-refractivity contribution in [2.75, 3.05) is 12.0 Å². The van der Waals surface area contributed by atoms with E-state index in [0.29, 0.717) is 29.7 Å². The van der Waals surface area contributed by atoms with E-state index in [9.17, 15) is 28.0 Å². The summed E-state index contributed by atoms with van der Waals surface area (Å²) >= 11 is 0. The number of benzene rings is 2. The molecule has 0 saturated heterocycles. The summed E-state index contributed by atoms with van der Waals surface area (Å²) < 4.78 is 49.3. The van der Waals surface area contributed by atoms with Crippen molar-refractivity contribution < 1.29 is 44.3 Å². The number of allylic oxidation sites excluding steroid dienone is 1. The van der Waals surface area contributed by atoms with E-state index in [-0.39, 0.29) is 39.9 Å². The number of rotatable bonds is 6. The summed E-state index contributed by atoms with van der Waals surface area (Å²) in [6.07, 6.45) is -2.20. The van der Waals surface area contributed by atoms with E-state index in [2.05, 4.69) is 26.9 Å². The second-order valence-corrected chi connectivity index (χ2v) is 10.3. The van der Waals surface area contributed by atoms with Gasteiger partial charge in [-0.05, 0) is 60.9 Å². The first-order valence-corrected chi connectivity index (χ1v) is 13.4. The second kappa shape index (κ2) is 12.5. The molecule has 0 spiro atoms. The average molecular weight is 670 g/mol. The van der Waals surface area contributed by atoms with E-state index in [1.54, 1.807) is 25.1 Å². The van der Waals surface area contributed by atoms with Crippen LogP contribution >= 0.6 is 0 Å². The summed E-state index contributed by atoms with van der Waals surface area (Å²) in [7, 11) is 1.19. The molecule has 0 aliphatic carbocycles. The molecule has 228 valence electrons. The highest BCUT2D eigenvalue weighted by molar-refractivity contribution is 5.93. The number of nitrogens with zero attached hydrogens (tertiary/aromatic N) is 5. The Kier molecular flexibility index (Phi) is 9.15. The molecule has 5 rings (SSSR count). The van der Waals surface area contributed by atoms with Gasteiger partial charge in [0.1, 0.15) is 6.04 Å². The molecule has 0 fully saturated rings. The number of pyridine rings is 1. The van der Waals surface area contributed by atoms with Crippen LogP contribution in [0.2, 0.25) is 0 Å². The van der Waals surface area contributed by atoms with E-state index in [1.165, 1.54) is 28.7 Å². The molecule has 0 radical (unpaired) electrons. The van der Waals surface area contributed by atoms with E-state index >= 15 is 0 Å². The maximum Gasteiger partial charge on any atom is 0.416 e. The molecule has 9 nitrogen and oxygen atoms in total. The van der Waals surface area contributed by atoms with Crippen LogP contribution in [0.5, 0.6) is 0 Å². The number of nitriles is 1. The van der Waals surface area contributed by atoms with E-state index in [4.69, 9.17) is 4.74 Å². The molecule has 1 aliphatic heterocycles. The Hall–Kier alpha value is -4.70. The fourth-order valence-corrected chi connectivity index (χ4v) is 5.51. The molecule has 2 aromatic carbocycles. The van der Waals surface area contributed by atoms with Crippen LogP contribution in [0.3, 0.4) is 0 Å². The normalized spacial score (nSPS) is 14.5. The number of esters is 1. The Morgan fingerprint density at radius 2 is 1.89 bits per heavy atom. The number of hydrogen-bond acceptors (Lipinski definition) is 6. The number of carbonyl (C=O) groups is 1. The van der Waals surface area contributed by atoms with Crippen LogP contribution in [0.1, 0.15) is 46.5 Å². The molecular weight excluding hydrogens is 641 g/mol. The SMILES string of the molecule is COC(=O)C1=C(C)N(c2cccc(C(F)(F)F)c2)c2n[nH]c(=O)n2[C@@H]1c1ccc(C#N)cc1CC[n+]1ccc(C)cc1C.[Br-]. The Bertz CT molecular complexity index is 1870. The van der Waals surface area contributed by atoms with Crippen molar-refractivity contribution in [3.8, 4) is 6.07 Å². The molecule has 0 saturated carbocycles. The average Bonchev–Trinajstić information content (AvgIpc) is 3.35. The number of nitrogens with one attached hydrogen (secondary N) is 1. The van der Waals surface area contributed by atoms with Gasteiger partial charge in [-0.25, -0.2) is 23.8 Å². The molecule has 4 aromatic rings. The van der Waals surface area contributed by atoms with E-state index in [1.807, 2.05) is 26.1 Å². The molecule has 0 amide bonds. The summed E-state index contributed by atoms with van der Waals surface area (Å²) in [5.41, 5.74) is 2.56. The number of H-pyrrole nitrogens is 1. The van der Waals surface area contributed by atoms with Crippen molar-refractivity contribution in [1.29, 1.82) is 5.26 Å². The Morgan fingerprint density at radius 3 is 2.55 bits per heavy atom. The lowest BCUT2D eigenvalue weighted by atomic mass is 9.89. The van der Waals surface area contributed by atoms with Crippen molar-refractivity contribution in [3.63, 3.8) is 0 Å². The number of hydrogen-bond donors (Lipinski definition) is 1. The Morgan fingerprint density at radius 1 is 1.14 bits per heavy atom. The van der Waals surface area contributed by atoms with Gasteiger partial charge in [0.25, 0.3) is 0 Å². The molecule has 2 aromatic heterocycles. The third-order valence-electron chi connectivity index (χ3n) is 7.58. The standard InChI is InChI=1S/C31H27F3N6O3.BrH/c1-18-10-12-38(19(2)14-18)13-11-22-15-21(17-35)8-9-25(22)27-26(28(41)43-4)20(3)39(29-36-37-30(42)40(27)29)24-7-5-6-23(16-24)31(32,33)34;/h5-10,12,14-16,27H,11,13H2,1-4H3;1H/t27-;/m1./s1. The van der Waals surface area contributed by atoms with Gasteiger partial charge in [0.15, 0.2) is 18.4 Å². The maximum absolute atomic E-state index is 13.6. The van der Waals surface area contributed by atoms with Crippen LogP contribution in [-0.4, -0.2) is 27.8 Å². The number of ether oxygens (including phenoxy) is 1. The van der Waals surface area contributed by atoms with Crippen molar-refractivity contribution in [1.82, 2.24) is 14.8 Å². The lowest BCUT2D eigenvalue weighted by molar-refractivity contribution is -0.702. The van der Waals surface area contributed by atoms with Gasteiger partial charge in [-0.15, -0.1) is 5.10 Å². The first-order valence-electron chi connectivity index (χ1n) is 13.4.